The van der Waals surface area contributed by atoms with E-state index in [-0.39, 0.29) is 18.1 Å². The van der Waals surface area contributed by atoms with Crippen molar-refractivity contribution < 1.29 is 4.79 Å². The standard InChI is InChI=1S/C16H19ClN4O2/c17-13-7-4-3-6-12(13)10-18-15(22)11-21-16(23)20-9-5-1-2-8-14(20)19-21/h3-4,6-7H,1-2,5,8-11H2,(H,18,22). The number of benzene rings is 1. The average molecular weight is 335 g/mol. The number of carbonyl (C=O) groups is 1. The van der Waals surface area contributed by atoms with E-state index in [2.05, 4.69) is 10.4 Å². The van der Waals surface area contributed by atoms with E-state index in [1.807, 2.05) is 18.2 Å². The number of halogens is 1. The van der Waals surface area contributed by atoms with Gasteiger partial charge in [0.05, 0.1) is 0 Å². The number of carbonyl (C=O) groups excluding carboxylic acids is 1. The maximum atomic E-state index is 12.3. The molecule has 0 fully saturated rings. The predicted octanol–water partition coefficient (Wildman–Crippen LogP) is 1.74. The Bertz CT molecular complexity index is 766. The Morgan fingerprint density at radius 3 is 2.91 bits per heavy atom. The van der Waals surface area contributed by atoms with Crippen molar-refractivity contribution in [2.45, 2.75) is 45.3 Å². The summed E-state index contributed by atoms with van der Waals surface area (Å²) in [7, 11) is 0. The number of hydrogen-bond acceptors (Lipinski definition) is 3. The fourth-order valence-corrected chi connectivity index (χ4v) is 2.96. The van der Waals surface area contributed by atoms with Crippen molar-refractivity contribution in [3.05, 3.63) is 51.2 Å². The third kappa shape index (κ3) is 3.64. The molecule has 0 radical (unpaired) electrons. The largest absolute Gasteiger partial charge is 0.350 e. The molecule has 0 unspecified atom stereocenters. The second-order valence-electron chi connectivity index (χ2n) is 5.69. The van der Waals surface area contributed by atoms with Crippen LogP contribution < -0.4 is 11.0 Å². The summed E-state index contributed by atoms with van der Waals surface area (Å²) in [6.07, 6.45) is 3.93. The van der Waals surface area contributed by atoms with Gasteiger partial charge in [0.15, 0.2) is 0 Å². The van der Waals surface area contributed by atoms with Crippen LogP contribution in [0.1, 0.15) is 30.7 Å². The maximum Gasteiger partial charge on any atom is 0.346 e. The van der Waals surface area contributed by atoms with E-state index in [9.17, 15) is 9.59 Å². The molecule has 0 saturated carbocycles. The quantitative estimate of drug-likeness (QED) is 0.926. The highest BCUT2D eigenvalue weighted by molar-refractivity contribution is 6.31. The van der Waals surface area contributed by atoms with Crippen LogP contribution in [0.5, 0.6) is 0 Å². The van der Waals surface area contributed by atoms with Crippen LogP contribution in [0.3, 0.4) is 0 Å². The van der Waals surface area contributed by atoms with E-state index in [4.69, 9.17) is 11.6 Å². The minimum absolute atomic E-state index is 0.0662. The molecule has 2 heterocycles. The molecule has 0 aliphatic carbocycles. The summed E-state index contributed by atoms with van der Waals surface area (Å²) < 4.78 is 2.94. The first kappa shape index (κ1) is 15.8. The number of nitrogens with one attached hydrogen (secondary N) is 1. The molecule has 2 aromatic rings. The third-order valence-corrected chi connectivity index (χ3v) is 4.38. The van der Waals surface area contributed by atoms with Crippen LogP contribution in [0.25, 0.3) is 0 Å². The summed E-state index contributed by atoms with van der Waals surface area (Å²) in [5, 5.41) is 7.69. The lowest BCUT2D eigenvalue weighted by molar-refractivity contribution is -0.122. The van der Waals surface area contributed by atoms with E-state index in [1.54, 1.807) is 10.6 Å². The van der Waals surface area contributed by atoms with Crippen LogP contribution in [0.4, 0.5) is 0 Å². The lowest BCUT2D eigenvalue weighted by Gasteiger charge is -2.06. The monoisotopic (exact) mass is 334 g/mol. The zero-order valence-electron chi connectivity index (χ0n) is 12.8. The lowest BCUT2D eigenvalue weighted by Crippen LogP contribution is -2.33. The van der Waals surface area contributed by atoms with Crippen molar-refractivity contribution in [2.24, 2.45) is 0 Å². The lowest BCUT2D eigenvalue weighted by atomic mass is 10.2. The van der Waals surface area contributed by atoms with Crippen molar-refractivity contribution in [2.75, 3.05) is 0 Å². The summed E-state index contributed by atoms with van der Waals surface area (Å²) in [5.74, 6) is 0.534. The Hall–Kier alpha value is -2.08. The molecule has 1 amide bonds. The fourth-order valence-electron chi connectivity index (χ4n) is 2.76. The number of rotatable bonds is 4. The Balaban J connectivity index is 1.64. The number of hydrogen-bond donors (Lipinski definition) is 1. The summed E-state index contributed by atoms with van der Waals surface area (Å²) in [5.41, 5.74) is 0.644. The van der Waals surface area contributed by atoms with Gasteiger partial charge < -0.3 is 5.32 Å². The fraction of sp³-hybridized carbons (Fsp3) is 0.438. The second kappa shape index (κ2) is 7.00. The van der Waals surface area contributed by atoms with Crippen molar-refractivity contribution >= 4 is 17.5 Å². The Labute approximate surface area is 139 Å². The molecule has 7 heteroatoms. The van der Waals surface area contributed by atoms with Gasteiger partial charge in [0.25, 0.3) is 0 Å². The van der Waals surface area contributed by atoms with Crippen LogP contribution in [-0.2, 0) is 30.8 Å². The number of fused-ring (bicyclic) bond motifs is 1. The minimum Gasteiger partial charge on any atom is -0.350 e. The van der Waals surface area contributed by atoms with Gasteiger partial charge in [0.2, 0.25) is 5.91 Å². The highest BCUT2D eigenvalue weighted by Gasteiger charge is 2.17. The van der Waals surface area contributed by atoms with E-state index < -0.39 is 0 Å². The van der Waals surface area contributed by atoms with Gasteiger partial charge in [-0.25, -0.2) is 9.48 Å². The summed E-state index contributed by atoms with van der Waals surface area (Å²) in [6, 6.07) is 7.34. The summed E-state index contributed by atoms with van der Waals surface area (Å²) in [4.78, 5) is 24.4. The van der Waals surface area contributed by atoms with Crippen molar-refractivity contribution in [1.29, 1.82) is 0 Å². The van der Waals surface area contributed by atoms with Crippen LogP contribution in [0.2, 0.25) is 5.02 Å². The van der Waals surface area contributed by atoms with E-state index in [0.717, 1.165) is 37.1 Å². The normalized spacial score (nSPS) is 14.1. The van der Waals surface area contributed by atoms with Gasteiger partial charge in [-0.15, -0.1) is 0 Å². The molecule has 23 heavy (non-hydrogen) atoms. The van der Waals surface area contributed by atoms with Crippen LogP contribution >= 0.6 is 11.6 Å². The predicted molar refractivity (Wildman–Crippen MR) is 87.3 cm³/mol. The number of amides is 1. The van der Waals surface area contributed by atoms with Crippen LogP contribution in [0, 0.1) is 0 Å². The molecule has 0 spiro atoms. The first-order valence-electron chi connectivity index (χ1n) is 7.82. The molecule has 122 valence electrons. The Morgan fingerprint density at radius 1 is 1.26 bits per heavy atom. The first-order chi connectivity index (χ1) is 11.1. The Morgan fingerprint density at radius 2 is 2.09 bits per heavy atom. The molecule has 6 nitrogen and oxygen atoms in total. The zero-order valence-corrected chi connectivity index (χ0v) is 13.6. The van der Waals surface area contributed by atoms with Crippen molar-refractivity contribution in [3.8, 4) is 0 Å². The van der Waals surface area contributed by atoms with Gasteiger partial charge in [-0.1, -0.05) is 36.2 Å². The number of nitrogens with zero attached hydrogens (tertiary/aromatic N) is 3. The van der Waals surface area contributed by atoms with Gasteiger partial charge in [0, 0.05) is 24.5 Å². The maximum absolute atomic E-state index is 12.3. The molecule has 1 aromatic carbocycles. The van der Waals surface area contributed by atoms with Crippen LogP contribution in [-0.4, -0.2) is 20.3 Å². The number of aryl methyl sites for hydroxylation is 1. The van der Waals surface area contributed by atoms with Crippen LogP contribution in [0.15, 0.2) is 29.1 Å². The topological polar surface area (TPSA) is 68.9 Å². The van der Waals surface area contributed by atoms with Gasteiger partial charge in [0.1, 0.15) is 12.4 Å². The number of aromatic nitrogens is 3. The molecule has 3 rings (SSSR count). The molecule has 0 atom stereocenters. The van der Waals surface area contributed by atoms with E-state index in [0.29, 0.717) is 18.1 Å². The molecular weight excluding hydrogens is 316 g/mol. The van der Waals surface area contributed by atoms with Gasteiger partial charge in [-0.3, -0.25) is 9.36 Å². The zero-order chi connectivity index (χ0) is 16.2. The molecular formula is C16H19ClN4O2. The van der Waals surface area contributed by atoms with Crippen molar-refractivity contribution in [3.63, 3.8) is 0 Å². The highest BCUT2D eigenvalue weighted by Crippen LogP contribution is 2.14. The molecule has 1 N–H and O–H groups in total. The van der Waals surface area contributed by atoms with E-state index >= 15 is 0 Å². The highest BCUT2D eigenvalue weighted by atomic mass is 35.5. The molecule has 1 aliphatic heterocycles. The molecule has 1 aromatic heterocycles. The smallest absolute Gasteiger partial charge is 0.346 e. The average Bonchev–Trinajstić information content (AvgIpc) is 2.72. The van der Waals surface area contributed by atoms with Gasteiger partial charge >= 0.3 is 5.69 Å². The third-order valence-electron chi connectivity index (χ3n) is 4.01. The summed E-state index contributed by atoms with van der Waals surface area (Å²) in [6.45, 7) is 0.958. The molecule has 0 saturated heterocycles. The molecule has 1 aliphatic rings. The van der Waals surface area contributed by atoms with Crippen molar-refractivity contribution in [1.82, 2.24) is 19.7 Å². The first-order valence-corrected chi connectivity index (χ1v) is 8.19. The van der Waals surface area contributed by atoms with Gasteiger partial charge in [-0.2, -0.15) is 5.10 Å². The summed E-state index contributed by atoms with van der Waals surface area (Å²) >= 11 is 6.06. The van der Waals surface area contributed by atoms with Gasteiger partial charge in [-0.05, 0) is 24.5 Å². The Kier molecular flexibility index (Phi) is 4.81. The van der Waals surface area contributed by atoms with E-state index in [1.165, 1.54) is 4.68 Å². The molecule has 0 bridgehead atoms. The minimum atomic E-state index is -0.250. The second-order valence-corrected chi connectivity index (χ2v) is 6.09. The SMILES string of the molecule is O=C(Cn1nc2n(c1=O)CCCCC2)NCc1ccccc1Cl.